The molecular weight excluding hydrogens is 210 g/mol. The standard InChI is InChI=1S/C11H21NO4/c1-3-16-9-5-6-10(13)12(2)8-4-7-11(14)15/h3-9H2,1-2H3,(H,14,15). The van der Waals surface area contributed by atoms with E-state index in [0.717, 1.165) is 6.42 Å². The van der Waals surface area contributed by atoms with Gasteiger partial charge in [-0.05, 0) is 19.8 Å². The molecule has 1 amide bonds. The Kier molecular flexibility index (Phi) is 8.52. The average Bonchev–Trinajstić information content (AvgIpc) is 2.23. The molecule has 0 saturated carbocycles. The van der Waals surface area contributed by atoms with Crippen molar-refractivity contribution in [3.8, 4) is 0 Å². The fourth-order valence-corrected chi connectivity index (χ4v) is 1.25. The number of ether oxygens (including phenoxy) is 1. The first-order chi connectivity index (χ1) is 7.57. The van der Waals surface area contributed by atoms with E-state index in [-0.39, 0.29) is 12.3 Å². The van der Waals surface area contributed by atoms with Crippen molar-refractivity contribution in [3.63, 3.8) is 0 Å². The summed E-state index contributed by atoms with van der Waals surface area (Å²) in [5.41, 5.74) is 0. The van der Waals surface area contributed by atoms with E-state index in [1.165, 1.54) is 0 Å². The van der Waals surface area contributed by atoms with E-state index < -0.39 is 5.97 Å². The Bertz CT molecular complexity index is 218. The summed E-state index contributed by atoms with van der Waals surface area (Å²) < 4.78 is 5.13. The summed E-state index contributed by atoms with van der Waals surface area (Å²) in [6.07, 6.45) is 1.79. The predicted molar refractivity (Wildman–Crippen MR) is 60.2 cm³/mol. The number of carboxylic acid groups (broad SMARTS) is 1. The van der Waals surface area contributed by atoms with Gasteiger partial charge in [0.1, 0.15) is 0 Å². The van der Waals surface area contributed by atoms with Crippen LogP contribution in [0.2, 0.25) is 0 Å². The zero-order valence-electron chi connectivity index (χ0n) is 10.1. The van der Waals surface area contributed by atoms with E-state index >= 15 is 0 Å². The molecule has 0 saturated heterocycles. The van der Waals surface area contributed by atoms with Gasteiger partial charge < -0.3 is 14.7 Å². The van der Waals surface area contributed by atoms with Crippen molar-refractivity contribution in [1.82, 2.24) is 4.90 Å². The van der Waals surface area contributed by atoms with E-state index in [4.69, 9.17) is 9.84 Å². The SMILES string of the molecule is CCOCCCC(=O)N(C)CCCC(=O)O. The van der Waals surface area contributed by atoms with Gasteiger partial charge in [-0.2, -0.15) is 0 Å². The fourth-order valence-electron chi connectivity index (χ4n) is 1.25. The third-order valence-electron chi connectivity index (χ3n) is 2.19. The molecule has 0 aliphatic carbocycles. The Morgan fingerprint density at radius 3 is 2.50 bits per heavy atom. The van der Waals surface area contributed by atoms with Crippen molar-refractivity contribution in [3.05, 3.63) is 0 Å². The normalized spacial score (nSPS) is 10.1. The fraction of sp³-hybridized carbons (Fsp3) is 0.818. The molecule has 5 heteroatoms. The van der Waals surface area contributed by atoms with E-state index in [2.05, 4.69) is 0 Å². The first-order valence-electron chi connectivity index (χ1n) is 5.61. The second-order valence-corrected chi connectivity index (χ2v) is 3.61. The molecule has 0 aromatic carbocycles. The second kappa shape index (κ2) is 9.15. The van der Waals surface area contributed by atoms with Crippen molar-refractivity contribution in [2.24, 2.45) is 0 Å². The third-order valence-corrected chi connectivity index (χ3v) is 2.19. The lowest BCUT2D eigenvalue weighted by molar-refractivity contribution is -0.138. The Morgan fingerprint density at radius 1 is 1.25 bits per heavy atom. The first kappa shape index (κ1) is 14.9. The van der Waals surface area contributed by atoms with Crippen LogP contribution in [0.15, 0.2) is 0 Å². The predicted octanol–water partition coefficient (Wildman–Crippen LogP) is 1.13. The van der Waals surface area contributed by atoms with Crippen LogP contribution >= 0.6 is 0 Å². The Hall–Kier alpha value is -1.10. The minimum Gasteiger partial charge on any atom is -0.481 e. The highest BCUT2D eigenvalue weighted by Gasteiger charge is 2.08. The molecule has 0 aliphatic rings. The largest absolute Gasteiger partial charge is 0.481 e. The van der Waals surface area contributed by atoms with Crippen molar-refractivity contribution >= 4 is 11.9 Å². The van der Waals surface area contributed by atoms with Crippen LogP contribution in [-0.2, 0) is 14.3 Å². The van der Waals surface area contributed by atoms with Gasteiger partial charge in [-0.25, -0.2) is 0 Å². The van der Waals surface area contributed by atoms with E-state index in [9.17, 15) is 9.59 Å². The molecule has 94 valence electrons. The van der Waals surface area contributed by atoms with Crippen molar-refractivity contribution in [2.45, 2.75) is 32.6 Å². The summed E-state index contributed by atoms with van der Waals surface area (Å²) in [6, 6.07) is 0. The minimum atomic E-state index is -0.822. The number of aliphatic carboxylic acids is 1. The van der Waals surface area contributed by atoms with Crippen LogP contribution in [0.3, 0.4) is 0 Å². The maximum atomic E-state index is 11.5. The van der Waals surface area contributed by atoms with Gasteiger partial charge in [0.05, 0.1) is 0 Å². The van der Waals surface area contributed by atoms with Crippen molar-refractivity contribution in [1.29, 1.82) is 0 Å². The van der Waals surface area contributed by atoms with E-state index in [1.807, 2.05) is 6.92 Å². The zero-order valence-corrected chi connectivity index (χ0v) is 10.1. The maximum Gasteiger partial charge on any atom is 0.303 e. The third kappa shape index (κ3) is 8.23. The van der Waals surface area contributed by atoms with Crippen LogP contribution < -0.4 is 0 Å². The molecule has 0 aromatic heterocycles. The summed E-state index contributed by atoms with van der Waals surface area (Å²) in [5, 5.41) is 8.45. The molecule has 1 N–H and O–H groups in total. The first-order valence-corrected chi connectivity index (χ1v) is 5.61. The number of nitrogens with zero attached hydrogens (tertiary/aromatic N) is 1. The van der Waals surface area contributed by atoms with Crippen LogP contribution in [0.5, 0.6) is 0 Å². The molecule has 0 aliphatic heterocycles. The van der Waals surface area contributed by atoms with Crippen LogP contribution in [0.4, 0.5) is 0 Å². The van der Waals surface area contributed by atoms with Gasteiger partial charge in [0.2, 0.25) is 5.91 Å². The Balaban J connectivity index is 3.53. The molecule has 0 heterocycles. The topological polar surface area (TPSA) is 66.8 Å². The monoisotopic (exact) mass is 231 g/mol. The molecule has 0 bridgehead atoms. The molecule has 0 unspecified atom stereocenters. The molecule has 0 atom stereocenters. The Labute approximate surface area is 96.4 Å². The van der Waals surface area contributed by atoms with Gasteiger partial charge in [0.25, 0.3) is 0 Å². The number of hydrogen-bond acceptors (Lipinski definition) is 3. The molecule has 0 spiro atoms. The van der Waals surface area contributed by atoms with E-state index in [1.54, 1.807) is 11.9 Å². The van der Waals surface area contributed by atoms with Crippen molar-refractivity contribution < 1.29 is 19.4 Å². The molecule has 0 aromatic rings. The van der Waals surface area contributed by atoms with E-state index in [0.29, 0.717) is 32.6 Å². The lowest BCUT2D eigenvalue weighted by Crippen LogP contribution is -2.28. The highest BCUT2D eigenvalue weighted by atomic mass is 16.5. The highest BCUT2D eigenvalue weighted by molar-refractivity contribution is 5.75. The van der Waals surface area contributed by atoms with Crippen LogP contribution in [0.1, 0.15) is 32.6 Å². The van der Waals surface area contributed by atoms with Gasteiger partial charge in [-0.3, -0.25) is 9.59 Å². The molecule has 0 radical (unpaired) electrons. The Morgan fingerprint density at radius 2 is 1.94 bits per heavy atom. The number of amides is 1. The zero-order chi connectivity index (χ0) is 12.4. The lowest BCUT2D eigenvalue weighted by atomic mass is 10.2. The van der Waals surface area contributed by atoms with Crippen LogP contribution in [0, 0.1) is 0 Å². The molecule has 0 fully saturated rings. The summed E-state index contributed by atoms with van der Waals surface area (Å²) in [5.74, 6) is -0.776. The maximum absolute atomic E-state index is 11.5. The molecule has 16 heavy (non-hydrogen) atoms. The van der Waals surface area contributed by atoms with Gasteiger partial charge >= 0.3 is 5.97 Å². The van der Waals surface area contributed by atoms with Crippen LogP contribution in [0.25, 0.3) is 0 Å². The average molecular weight is 231 g/mol. The molecular formula is C11H21NO4. The lowest BCUT2D eigenvalue weighted by Gasteiger charge is -2.16. The summed E-state index contributed by atoms with van der Waals surface area (Å²) in [4.78, 5) is 23.4. The van der Waals surface area contributed by atoms with Gasteiger partial charge in [0, 0.05) is 39.6 Å². The summed E-state index contributed by atoms with van der Waals surface area (Å²) in [7, 11) is 1.70. The van der Waals surface area contributed by atoms with Crippen LogP contribution in [-0.4, -0.2) is 48.7 Å². The number of carbonyl (C=O) groups excluding carboxylic acids is 1. The van der Waals surface area contributed by atoms with Crippen molar-refractivity contribution in [2.75, 3.05) is 26.8 Å². The van der Waals surface area contributed by atoms with Gasteiger partial charge in [-0.15, -0.1) is 0 Å². The summed E-state index contributed by atoms with van der Waals surface area (Å²) in [6.45, 7) is 3.69. The van der Waals surface area contributed by atoms with Gasteiger partial charge in [-0.1, -0.05) is 0 Å². The second-order valence-electron chi connectivity index (χ2n) is 3.61. The molecule has 0 rings (SSSR count). The minimum absolute atomic E-state index is 0.0464. The number of hydrogen-bond donors (Lipinski definition) is 1. The van der Waals surface area contributed by atoms with Gasteiger partial charge in [0.15, 0.2) is 0 Å². The molecule has 5 nitrogen and oxygen atoms in total. The highest BCUT2D eigenvalue weighted by Crippen LogP contribution is 1.99. The number of carboxylic acids is 1. The number of rotatable bonds is 9. The quantitative estimate of drug-likeness (QED) is 0.604. The summed E-state index contributed by atoms with van der Waals surface area (Å²) >= 11 is 0. The smallest absolute Gasteiger partial charge is 0.303 e. The number of carbonyl (C=O) groups is 2.